The Hall–Kier alpha value is -0.470. The molecule has 0 amide bonds. The largest absolute Gasteiger partial charge is 0.324 e. The third kappa shape index (κ3) is 3.75. The van der Waals surface area contributed by atoms with E-state index in [9.17, 15) is 0 Å². The fourth-order valence-electron chi connectivity index (χ4n) is 2.53. The van der Waals surface area contributed by atoms with Crippen molar-refractivity contribution in [3.05, 3.63) is 29.8 Å². The zero-order chi connectivity index (χ0) is 12.3. The third-order valence-corrected chi connectivity index (χ3v) is 4.90. The molecule has 2 N–H and O–H groups in total. The lowest BCUT2D eigenvalue weighted by Gasteiger charge is -2.26. The third-order valence-electron chi connectivity index (χ3n) is 3.60. The van der Waals surface area contributed by atoms with Crippen molar-refractivity contribution in [1.29, 1.82) is 0 Å². The van der Waals surface area contributed by atoms with Crippen LogP contribution in [0, 0.1) is 5.92 Å². The quantitative estimate of drug-likeness (QED) is 0.860. The Morgan fingerprint density at radius 1 is 1.24 bits per heavy atom. The maximum atomic E-state index is 5.86. The predicted octanol–water partition coefficient (Wildman–Crippen LogP) is 4.38. The average Bonchev–Trinajstić information content (AvgIpc) is 2.29. The molecule has 17 heavy (non-hydrogen) atoms. The van der Waals surface area contributed by atoms with E-state index in [1.807, 2.05) is 18.7 Å². The van der Waals surface area contributed by atoms with Gasteiger partial charge in [-0.25, -0.2) is 0 Å². The second-order valence-corrected chi connectivity index (χ2v) is 6.74. The van der Waals surface area contributed by atoms with Crippen LogP contribution in [0.25, 0.3) is 0 Å². The van der Waals surface area contributed by atoms with Gasteiger partial charge in [0.05, 0.1) is 0 Å². The van der Waals surface area contributed by atoms with E-state index in [-0.39, 0.29) is 6.04 Å². The molecule has 0 aliphatic heterocycles. The Kier molecular flexibility index (Phi) is 4.52. The second-order valence-electron chi connectivity index (χ2n) is 5.37. The van der Waals surface area contributed by atoms with Gasteiger partial charge in [0, 0.05) is 16.2 Å². The Labute approximate surface area is 109 Å². The Balaban J connectivity index is 1.94. The molecule has 2 heteroatoms. The summed E-state index contributed by atoms with van der Waals surface area (Å²) in [7, 11) is 0. The summed E-state index contributed by atoms with van der Waals surface area (Å²) in [6.07, 6.45) is 5.57. The minimum Gasteiger partial charge on any atom is -0.324 e. The molecular formula is C15H23NS. The molecule has 1 aromatic rings. The topological polar surface area (TPSA) is 26.0 Å². The maximum Gasteiger partial charge on any atom is 0.0266 e. The molecule has 3 atom stereocenters. The van der Waals surface area contributed by atoms with E-state index in [4.69, 9.17) is 5.73 Å². The van der Waals surface area contributed by atoms with Gasteiger partial charge in [0.25, 0.3) is 0 Å². The Morgan fingerprint density at radius 2 is 1.94 bits per heavy atom. The standard InChI is InChI=1S/C15H23NS/c1-11-4-3-5-15(10-11)17-14-8-6-13(7-9-14)12(2)16/h6-9,11-12,15H,3-5,10,16H2,1-2H3/t11?,12-,15?/m1/s1. The molecule has 0 bridgehead atoms. The second kappa shape index (κ2) is 5.92. The van der Waals surface area contributed by atoms with Crippen LogP contribution >= 0.6 is 11.8 Å². The molecule has 0 aromatic heterocycles. The molecule has 1 aliphatic carbocycles. The molecule has 0 radical (unpaired) electrons. The summed E-state index contributed by atoms with van der Waals surface area (Å²) < 4.78 is 0. The first kappa shape index (κ1) is 13.0. The van der Waals surface area contributed by atoms with Gasteiger partial charge in [0.15, 0.2) is 0 Å². The summed E-state index contributed by atoms with van der Waals surface area (Å²) in [4.78, 5) is 1.40. The molecule has 2 rings (SSSR count). The van der Waals surface area contributed by atoms with Crippen molar-refractivity contribution >= 4 is 11.8 Å². The smallest absolute Gasteiger partial charge is 0.0266 e. The summed E-state index contributed by atoms with van der Waals surface area (Å²) in [5, 5.41) is 0.819. The van der Waals surface area contributed by atoms with Gasteiger partial charge < -0.3 is 5.73 Å². The lowest BCUT2D eigenvalue weighted by atomic mass is 9.91. The van der Waals surface area contributed by atoms with Crippen molar-refractivity contribution in [3.8, 4) is 0 Å². The zero-order valence-electron chi connectivity index (χ0n) is 10.9. The molecule has 94 valence electrons. The van der Waals surface area contributed by atoms with Gasteiger partial charge >= 0.3 is 0 Å². The van der Waals surface area contributed by atoms with Crippen molar-refractivity contribution < 1.29 is 0 Å². The van der Waals surface area contributed by atoms with Crippen LogP contribution in [0.3, 0.4) is 0 Å². The highest BCUT2D eigenvalue weighted by molar-refractivity contribution is 8.00. The first-order chi connectivity index (χ1) is 8.15. The number of thioether (sulfide) groups is 1. The van der Waals surface area contributed by atoms with Gasteiger partial charge in [0.1, 0.15) is 0 Å². The average molecular weight is 249 g/mol. The molecule has 1 fully saturated rings. The first-order valence-electron chi connectivity index (χ1n) is 6.67. The van der Waals surface area contributed by atoms with Crippen LogP contribution in [0.4, 0.5) is 0 Å². The van der Waals surface area contributed by atoms with Crippen molar-refractivity contribution in [2.24, 2.45) is 11.7 Å². The highest BCUT2D eigenvalue weighted by atomic mass is 32.2. The summed E-state index contributed by atoms with van der Waals surface area (Å²) in [5.74, 6) is 0.907. The molecule has 1 nitrogen and oxygen atoms in total. The molecule has 1 aliphatic rings. The van der Waals surface area contributed by atoms with Crippen LogP contribution < -0.4 is 5.73 Å². The van der Waals surface area contributed by atoms with Crippen LogP contribution in [0.1, 0.15) is 51.1 Å². The molecule has 0 saturated heterocycles. The van der Waals surface area contributed by atoms with Gasteiger partial charge in [-0.15, -0.1) is 11.8 Å². The summed E-state index contributed by atoms with van der Waals surface area (Å²) >= 11 is 2.05. The fourth-order valence-corrected chi connectivity index (χ4v) is 3.92. The van der Waals surface area contributed by atoms with Crippen LogP contribution in [0.2, 0.25) is 0 Å². The van der Waals surface area contributed by atoms with Gasteiger partial charge in [-0.3, -0.25) is 0 Å². The maximum absolute atomic E-state index is 5.86. The van der Waals surface area contributed by atoms with Gasteiger partial charge in [-0.2, -0.15) is 0 Å². The molecule has 2 unspecified atom stereocenters. The monoisotopic (exact) mass is 249 g/mol. The first-order valence-corrected chi connectivity index (χ1v) is 7.55. The molecule has 0 heterocycles. The summed E-state index contributed by atoms with van der Waals surface area (Å²) in [5.41, 5.74) is 7.09. The van der Waals surface area contributed by atoms with Crippen LogP contribution in [0.5, 0.6) is 0 Å². The number of rotatable bonds is 3. The highest BCUT2D eigenvalue weighted by Gasteiger charge is 2.19. The van der Waals surface area contributed by atoms with Crippen LogP contribution in [-0.4, -0.2) is 5.25 Å². The van der Waals surface area contributed by atoms with Crippen LogP contribution in [0.15, 0.2) is 29.2 Å². The SMILES string of the molecule is CC1CCCC(Sc2ccc([C@@H](C)N)cc2)C1. The molecule has 1 saturated carbocycles. The molecular weight excluding hydrogens is 226 g/mol. The molecule has 0 spiro atoms. The van der Waals surface area contributed by atoms with Crippen LogP contribution in [-0.2, 0) is 0 Å². The summed E-state index contributed by atoms with van der Waals surface area (Å²) in [6.45, 7) is 4.41. The van der Waals surface area contributed by atoms with E-state index in [1.54, 1.807) is 0 Å². The minimum absolute atomic E-state index is 0.142. The number of benzene rings is 1. The van der Waals surface area contributed by atoms with Gasteiger partial charge in [0.2, 0.25) is 0 Å². The van der Waals surface area contributed by atoms with Crippen molar-refractivity contribution in [2.45, 2.75) is 55.7 Å². The lowest BCUT2D eigenvalue weighted by molar-refractivity contribution is 0.394. The van der Waals surface area contributed by atoms with Gasteiger partial charge in [-0.05, 0) is 43.4 Å². The molecule has 1 aromatic carbocycles. The normalized spacial score (nSPS) is 26.8. The number of hydrogen-bond acceptors (Lipinski definition) is 2. The predicted molar refractivity (Wildman–Crippen MR) is 76.3 cm³/mol. The van der Waals surface area contributed by atoms with Crippen molar-refractivity contribution in [2.75, 3.05) is 0 Å². The lowest BCUT2D eigenvalue weighted by Crippen LogP contribution is -2.14. The fraction of sp³-hybridized carbons (Fsp3) is 0.600. The number of hydrogen-bond donors (Lipinski definition) is 1. The van der Waals surface area contributed by atoms with E-state index < -0.39 is 0 Å². The van der Waals surface area contributed by atoms with E-state index in [1.165, 1.54) is 36.1 Å². The van der Waals surface area contributed by atoms with Gasteiger partial charge in [-0.1, -0.05) is 31.9 Å². The van der Waals surface area contributed by atoms with Crippen molar-refractivity contribution in [3.63, 3.8) is 0 Å². The van der Waals surface area contributed by atoms with E-state index in [2.05, 4.69) is 31.2 Å². The van der Waals surface area contributed by atoms with E-state index >= 15 is 0 Å². The van der Waals surface area contributed by atoms with E-state index in [0.717, 1.165) is 11.2 Å². The zero-order valence-corrected chi connectivity index (χ0v) is 11.7. The minimum atomic E-state index is 0.142. The van der Waals surface area contributed by atoms with Crippen molar-refractivity contribution in [1.82, 2.24) is 0 Å². The summed E-state index contributed by atoms with van der Waals surface area (Å²) in [6, 6.07) is 8.92. The number of nitrogens with two attached hydrogens (primary N) is 1. The Bertz CT molecular complexity index is 344. The highest BCUT2D eigenvalue weighted by Crippen LogP contribution is 2.36. The van der Waals surface area contributed by atoms with E-state index in [0.29, 0.717) is 0 Å². The Morgan fingerprint density at radius 3 is 2.53 bits per heavy atom.